The number of para-hydroxylation sites is 3. The molecule has 0 unspecified atom stereocenters. The van der Waals surface area contributed by atoms with Crippen molar-refractivity contribution >= 4 is 17.9 Å². The van der Waals surface area contributed by atoms with Crippen molar-refractivity contribution in [2.75, 3.05) is 20.3 Å². The number of rotatable bonds is 7. The standard InChI is InChI=1S/C16H15ClO4/c1-19-14-7-2-3-8-15(14)20-9-10-21-16-12(11-18)5-4-6-13(16)17/h2-8,11H,9-10H2,1H3. The van der Waals surface area contributed by atoms with E-state index in [1.165, 1.54) is 0 Å². The SMILES string of the molecule is COc1ccccc1OCCOc1c(Cl)cccc1C=O. The summed E-state index contributed by atoms with van der Waals surface area (Å²) in [4.78, 5) is 10.9. The number of carbonyl (C=O) groups is 1. The molecule has 0 N–H and O–H groups in total. The van der Waals surface area contributed by atoms with E-state index in [1.54, 1.807) is 25.3 Å². The molecule has 0 amide bonds. The Kier molecular flexibility index (Phi) is 5.46. The van der Waals surface area contributed by atoms with Gasteiger partial charge in [0, 0.05) is 0 Å². The lowest BCUT2D eigenvalue weighted by Crippen LogP contribution is -2.10. The van der Waals surface area contributed by atoms with Gasteiger partial charge in [0.1, 0.15) is 19.0 Å². The molecule has 0 heterocycles. The minimum Gasteiger partial charge on any atom is -0.493 e. The molecule has 2 aromatic carbocycles. The van der Waals surface area contributed by atoms with E-state index in [0.717, 1.165) is 0 Å². The molecule has 0 spiro atoms. The van der Waals surface area contributed by atoms with Crippen LogP contribution in [0.15, 0.2) is 42.5 Å². The number of hydrogen-bond donors (Lipinski definition) is 0. The van der Waals surface area contributed by atoms with Gasteiger partial charge in [0.05, 0.1) is 17.7 Å². The molecule has 5 heteroatoms. The van der Waals surface area contributed by atoms with Crippen molar-refractivity contribution in [3.8, 4) is 17.2 Å². The number of carbonyl (C=O) groups excluding carboxylic acids is 1. The molecule has 0 fully saturated rings. The zero-order valence-corrected chi connectivity index (χ0v) is 12.3. The van der Waals surface area contributed by atoms with Gasteiger partial charge in [-0.3, -0.25) is 4.79 Å². The molecular formula is C16H15ClO4. The van der Waals surface area contributed by atoms with E-state index < -0.39 is 0 Å². The van der Waals surface area contributed by atoms with Crippen LogP contribution in [0.3, 0.4) is 0 Å². The predicted molar refractivity (Wildman–Crippen MR) is 80.8 cm³/mol. The van der Waals surface area contributed by atoms with Gasteiger partial charge in [0.15, 0.2) is 17.8 Å². The highest BCUT2D eigenvalue weighted by molar-refractivity contribution is 6.32. The van der Waals surface area contributed by atoms with Gasteiger partial charge in [0.2, 0.25) is 0 Å². The number of aldehydes is 1. The summed E-state index contributed by atoms with van der Waals surface area (Å²) in [5.41, 5.74) is 0.416. The summed E-state index contributed by atoms with van der Waals surface area (Å²) in [6.07, 6.45) is 0.711. The van der Waals surface area contributed by atoms with Crippen molar-refractivity contribution in [1.29, 1.82) is 0 Å². The average molecular weight is 307 g/mol. The lowest BCUT2D eigenvalue weighted by Gasteiger charge is -2.12. The van der Waals surface area contributed by atoms with Gasteiger partial charge in [0.25, 0.3) is 0 Å². The van der Waals surface area contributed by atoms with Gasteiger partial charge in [-0.05, 0) is 24.3 Å². The van der Waals surface area contributed by atoms with E-state index in [4.69, 9.17) is 25.8 Å². The second kappa shape index (κ2) is 7.55. The van der Waals surface area contributed by atoms with E-state index in [2.05, 4.69) is 0 Å². The van der Waals surface area contributed by atoms with Crippen LogP contribution in [0.4, 0.5) is 0 Å². The van der Waals surface area contributed by atoms with Crippen LogP contribution < -0.4 is 14.2 Å². The van der Waals surface area contributed by atoms with Crippen LogP contribution in [-0.4, -0.2) is 26.6 Å². The zero-order chi connectivity index (χ0) is 15.1. The Balaban J connectivity index is 1.92. The third kappa shape index (κ3) is 3.89. The molecule has 0 atom stereocenters. The molecular weight excluding hydrogens is 292 g/mol. The Bertz CT molecular complexity index is 613. The summed E-state index contributed by atoms with van der Waals surface area (Å²) in [6.45, 7) is 0.576. The molecule has 0 saturated heterocycles. The Hall–Kier alpha value is -2.20. The Morgan fingerprint density at radius 3 is 2.43 bits per heavy atom. The summed E-state index contributed by atoms with van der Waals surface area (Å²) in [6, 6.07) is 12.4. The molecule has 0 radical (unpaired) electrons. The molecule has 0 aliphatic carbocycles. The van der Waals surface area contributed by atoms with Gasteiger partial charge in [-0.15, -0.1) is 0 Å². The normalized spacial score (nSPS) is 10.0. The number of methoxy groups -OCH3 is 1. The van der Waals surface area contributed by atoms with Crippen molar-refractivity contribution in [3.63, 3.8) is 0 Å². The average Bonchev–Trinajstić information content (AvgIpc) is 2.52. The highest BCUT2D eigenvalue weighted by Gasteiger charge is 2.08. The number of halogens is 1. The fourth-order valence-corrected chi connectivity index (χ4v) is 2.04. The van der Waals surface area contributed by atoms with E-state index in [0.29, 0.717) is 40.7 Å². The molecule has 2 aromatic rings. The molecule has 0 aliphatic heterocycles. The second-order valence-electron chi connectivity index (χ2n) is 4.12. The van der Waals surface area contributed by atoms with Gasteiger partial charge in [-0.1, -0.05) is 29.8 Å². The van der Waals surface area contributed by atoms with E-state index in [1.807, 2.05) is 24.3 Å². The first-order valence-corrected chi connectivity index (χ1v) is 6.76. The van der Waals surface area contributed by atoms with Crippen LogP contribution in [0.25, 0.3) is 0 Å². The summed E-state index contributed by atoms with van der Waals surface area (Å²) in [5.74, 6) is 1.67. The van der Waals surface area contributed by atoms with Crippen LogP contribution in [0.5, 0.6) is 17.2 Å². The lowest BCUT2D eigenvalue weighted by molar-refractivity contribution is 0.111. The predicted octanol–water partition coefficient (Wildman–Crippen LogP) is 3.62. The second-order valence-corrected chi connectivity index (χ2v) is 4.53. The van der Waals surface area contributed by atoms with Gasteiger partial charge >= 0.3 is 0 Å². The van der Waals surface area contributed by atoms with Gasteiger partial charge in [-0.25, -0.2) is 0 Å². The monoisotopic (exact) mass is 306 g/mol. The summed E-state index contributed by atoms with van der Waals surface area (Å²) >= 11 is 6.01. The van der Waals surface area contributed by atoms with Crippen molar-refractivity contribution < 1.29 is 19.0 Å². The maximum Gasteiger partial charge on any atom is 0.161 e. The first kappa shape index (κ1) is 15.2. The smallest absolute Gasteiger partial charge is 0.161 e. The van der Waals surface area contributed by atoms with Gasteiger partial charge in [-0.2, -0.15) is 0 Å². The molecule has 0 aromatic heterocycles. The first-order valence-electron chi connectivity index (χ1n) is 6.38. The Labute approximate surface area is 128 Å². The lowest BCUT2D eigenvalue weighted by atomic mass is 10.2. The molecule has 21 heavy (non-hydrogen) atoms. The third-order valence-corrected chi connectivity index (χ3v) is 3.08. The summed E-state index contributed by atoms with van der Waals surface area (Å²) in [5, 5.41) is 0.400. The minimum absolute atomic E-state index is 0.266. The van der Waals surface area contributed by atoms with E-state index >= 15 is 0 Å². The number of hydrogen-bond acceptors (Lipinski definition) is 4. The quantitative estimate of drug-likeness (QED) is 0.579. The number of benzene rings is 2. The number of ether oxygens (including phenoxy) is 3. The molecule has 0 saturated carbocycles. The maximum absolute atomic E-state index is 10.9. The fourth-order valence-electron chi connectivity index (χ4n) is 1.80. The summed E-state index contributed by atoms with van der Waals surface area (Å²) in [7, 11) is 1.58. The molecule has 110 valence electrons. The van der Waals surface area contributed by atoms with Crippen molar-refractivity contribution in [1.82, 2.24) is 0 Å². The van der Waals surface area contributed by atoms with Gasteiger partial charge < -0.3 is 14.2 Å². The molecule has 0 bridgehead atoms. The Morgan fingerprint density at radius 1 is 1.00 bits per heavy atom. The van der Waals surface area contributed by atoms with Crippen LogP contribution in [0, 0.1) is 0 Å². The minimum atomic E-state index is 0.266. The van der Waals surface area contributed by atoms with E-state index in [9.17, 15) is 4.79 Å². The fraction of sp³-hybridized carbons (Fsp3) is 0.188. The largest absolute Gasteiger partial charge is 0.493 e. The highest BCUT2D eigenvalue weighted by Crippen LogP contribution is 2.28. The first-order chi connectivity index (χ1) is 10.3. The van der Waals surface area contributed by atoms with Crippen LogP contribution >= 0.6 is 11.6 Å². The van der Waals surface area contributed by atoms with E-state index in [-0.39, 0.29) is 6.61 Å². The third-order valence-electron chi connectivity index (χ3n) is 2.78. The van der Waals surface area contributed by atoms with Crippen molar-refractivity contribution in [3.05, 3.63) is 53.1 Å². The summed E-state index contributed by atoms with van der Waals surface area (Å²) < 4.78 is 16.3. The molecule has 4 nitrogen and oxygen atoms in total. The van der Waals surface area contributed by atoms with Crippen LogP contribution in [0.2, 0.25) is 5.02 Å². The Morgan fingerprint density at radius 2 is 1.71 bits per heavy atom. The topological polar surface area (TPSA) is 44.8 Å². The van der Waals surface area contributed by atoms with Crippen molar-refractivity contribution in [2.45, 2.75) is 0 Å². The van der Waals surface area contributed by atoms with Crippen LogP contribution in [0.1, 0.15) is 10.4 Å². The maximum atomic E-state index is 10.9. The molecule has 0 aliphatic rings. The zero-order valence-electron chi connectivity index (χ0n) is 11.5. The van der Waals surface area contributed by atoms with Crippen LogP contribution in [-0.2, 0) is 0 Å². The molecule has 2 rings (SSSR count). The highest BCUT2D eigenvalue weighted by atomic mass is 35.5. The van der Waals surface area contributed by atoms with Crippen molar-refractivity contribution in [2.24, 2.45) is 0 Å².